The molecule has 0 unspecified atom stereocenters. The van der Waals surface area contributed by atoms with Gasteiger partial charge in [0.1, 0.15) is 30.2 Å². The maximum absolute atomic E-state index is 13.3. The highest BCUT2D eigenvalue weighted by Gasteiger charge is 2.36. The number of primary amides is 1. The first-order chi connectivity index (χ1) is 21.6. The van der Waals surface area contributed by atoms with Crippen molar-refractivity contribution in [3.8, 4) is 0 Å². The fourth-order valence-electron chi connectivity index (χ4n) is 4.31. The predicted molar refractivity (Wildman–Crippen MR) is 167 cm³/mol. The topological polar surface area (TPSA) is 309 Å². The van der Waals surface area contributed by atoms with Gasteiger partial charge in [0, 0.05) is 6.42 Å². The van der Waals surface area contributed by atoms with E-state index in [1.54, 1.807) is 13.8 Å². The van der Waals surface area contributed by atoms with E-state index in [0.717, 1.165) is 6.92 Å². The number of nitrogens with one attached hydrogen (secondary N) is 5. The number of rotatable bonds is 21. The lowest BCUT2D eigenvalue weighted by atomic mass is 9.99. The van der Waals surface area contributed by atoms with E-state index in [-0.39, 0.29) is 5.92 Å². The van der Waals surface area contributed by atoms with Crippen LogP contribution in [0.1, 0.15) is 74.1 Å². The molecule has 12 N–H and O–H groups in total. The zero-order chi connectivity index (χ0) is 36.8. The highest BCUT2D eigenvalue weighted by atomic mass is 16.4. The molecule has 268 valence electrons. The van der Waals surface area contributed by atoms with E-state index in [9.17, 15) is 48.6 Å². The van der Waals surface area contributed by atoms with Crippen molar-refractivity contribution in [2.75, 3.05) is 0 Å². The quantitative estimate of drug-likeness (QED) is 0.0595. The fourth-order valence-corrected chi connectivity index (χ4v) is 4.31. The van der Waals surface area contributed by atoms with Crippen molar-refractivity contribution in [2.45, 2.75) is 117 Å². The third-order valence-corrected chi connectivity index (χ3v) is 6.92. The average Bonchev–Trinajstić information content (AvgIpc) is 2.92. The lowest BCUT2D eigenvalue weighted by Crippen LogP contribution is -2.62. The Hall–Kier alpha value is -4.32. The summed E-state index contributed by atoms with van der Waals surface area (Å²) in [5.74, 6) is -9.36. The first kappa shape index (κ1) is 42.7. The molecule has 0 aliphatic carbocycles. The number of carboxylic acid groups (broad SMARTS) is 2. The van der Waals surface area contributed by atoms with Gasteiger partial charge in [-0.05, 0) is 37.5 Å². The van der Waals surface area contributed by atoms with Gasteiger partial charge in [0.15, 0.2) is 0 Å². The van der Waals surface area contributed by atoms with E-state index < -0.39 is 121 Å². The molecule has 0 aliphatic heterocycles. The molecule has 18 nitrogen and oxygen atoms in total. The second kappa shape index (κ2) is 20.0. The van der Waals surface area contributed by atoms with Crippen LogP contribution in [0.15, 0.2) is 0 Å². The van der Waals surface area contributed by atoms with Crippen LogP contribution in [0, 0.1) is 17.8 Å². The van der Waals surface area contributed by atoms with Crippen LogP contribution in [0.2, 0.25) is 0 Å². The molecular formula is C29H51N7O11. The molecule has 0 spiro atoms. The minimum atomic E-state index is -1.72. The predicted octanol–water partition coefficient (Wildman–Crippen LogP) is -2.70. The monoisotopic (exact) mass is 673 g/mol. The average molecular weight is 674 g/mol. The van der Waals surface area contributed by atoms with Crippen LogP contribution >= 0.6 is 0 Å². The van der Waals surface area contributed by atoms with Crippen molar-refractivity contribution in [2.24, 2.45) is 29.2 Å². The highest BCUT2D eigenvalue weighted by Crippen LogP contribution is 2.09. The van der Waals surface area contributed by atoms with E-state index in [1.165, 1.54) is 13.8 Å². The highest BCUT2D eigenvalue weighted by molar-refractivity contribution is 5.98. The Labute approximate surface area is 273 Å². The summed E-state index contributed by atoms with van der Waals surface area (Å²) in [6.45, 7) is 11.2. The van der Waals surface area contributed by atoms with Crippen molar-refractivity contribution in [1.82, 2.24) is 26.6 Å². The second-order valence-electron chi connectivity index (χ2n) is 12.5. The number of aliphatic carboxylic acids is 2. The van der Waals surface area contributed by atoms with Gasteiger partial charge in [0.2, 0.25) is 35.4 Å². The Kier molecular flexibility index (Phi) is 18.2. The molecule has 0 bridgehead atoms. The Balaban J connectivity index is 5.93. The van der Waals surface area contributed by atoms with E-state index in [0.29, 0.717) is 6.42 Å². The van der Waals surface area contributed by atoms with Gasteiger partial charge in [-0.2, -0.15) is 0 Å². The van der Waals surface area contributed by atoms with Crippen LogP contribution < -0.4 is 38.1 Å². The van der Waals surface area contributed by atoms with Crippen LogP contribution in [-0.2, 0) is 38.4 Å². The molecular weight excluding hydrogens is 622 g/mol. The first-order valence-corrected chi connectivity index (χ1v) is 15.3. The number of carbonyl (C=O) groups excluding carboxylic acids is 6. The van der Waals surface area contributed by atoms with Crippen molar-refractivity contribution in [3.05, 3.63) is 0 Å². The van der Waals surface area contributed by atoms with Crippen LogP contribution in [-0.4, -0.2) is 105 Å². The maximum atomic E-state index is 13.3. The molecule has 0 aromatic rings. The first-order valence-electron chi connectivity index (χ1n) is 15.3. The molecule has 7 atom stereocenters. The van der Waals surface area contributed by atoms with Crippen molar-refractivity contribution in [1.29, 1.82) is 0 Å². The van der Waals surface area contributed by atoms with Crippen LogP contribution in [0.25, 0.3) is 0 Å². The SMILES string of the molecule is CC(C)C[C@H](N)C(=O)N[C@H](C(=O)N[C@@H](CC(N)=O)C(=O)N[C@H](C(=O)N[C@H](C(=O)N[C@@H](CCC(=O)O)C(=O)O)[C@@H](C)O)C(C)C)C(C)C. The molecule has 47 heavy (non-hydrogen) atoms. The molecule has 0 saturated carbocycles. The summed E-state index contributed by atoms with van der Waals surface area (Å²) < 4.78 is 0. The number of nitrogens with two attached hydrogens (primary N) is 2. The summed E-state index contributed by atoms with van der Waals surface area (Å²) >= 11 is 0. The molecule has 6 amide bonds. The fraction of sp³-hybridized carbons (Fsp3) is 0.724. The molecule has 0 radical (unpaired) electrons. The van der Waals surface area contributed by atoms with Gasteiger partial charge >= 0.3 is 11.9 Å². The smallest absolute Gasteiger partial charge is 0.326 e. The Morgan fingerprint density at radius 2 is 1.04 bits per heavy atom. The van der Waals surface area contributed by atoms with Crippen LogP contribution in [0.3, 0.4) is 0 Å². The van der Waals surface area contributed by atoms with Gasteiger partial charge in [-0.3, -0.25) is 33.6 Å². The number of amides is 6. The number of aliphatic hydroxyl groups is 1. The van der Waals surface area contributed by atoms with Crippen LogP contribution in [0.5, 0.6) is 0 Å². The summed E-state index contributed by atoms with van der Waals surface area (Å²) in [7, 11) is 0. The van der Waals surface area contributed by atoms with Gasteiger partial charge in [-0.1, -0.05) is 41.5 Å². The summed E-state index contributed by atoms with van der Waals surface area (Å²) in [6.07, 6.45) is -2.94. The second-order valence-corrected chi connectivity index (χ2v) is 12.5. The zero-order valence-corrected chi connectivity index (χ0v) is 27.9. The summed E-state index contributed by atoms with van der Waals surface area (Å²) in [4.78, 5) is 99.4. The number of hydrogen-bond acceptors (Lipinski definition) is 10. The molecule has 0 saturated heterocycles. The largest absolute Gasteiger partial charge is 0.481 e. The molecule has 0 aromatic carbocycles. The Bertz CT molecular complexity index is 1140. The molecule has 0 aliphatic rings. The minimum Gasteiger partial charge on any atom is -0.481 e. The van der Waals surface area contributed by atoms with E-state index >= 15 is 0 Å². The maximum Gasteiger partial charge on any atom is 0.326 e. The molecule has 0 fully saturated rings. The zero-order valence-electron chi connectivity index (χ0n) is 27.9. The standard InChI is InChI=1S/C29H51N7O11/c1-12(2)10-16(30)24(41)34-21(13(3)4)26(43)33-18(11-19(31)38)25(42)35-22(14(5)6)27(44)36-23(15(7)37)28(45)32-17(29(46)47)8-9-20(39)40/h12-18,21-23,37H,8-11,30H2,1-7H3,(H2,31,38)(H,32,45)(H,33,43)(H,34,41)(H,35,42)(H,36,44)(H,39,40)(H,46,47)/t15-,16+,17+,18+,21+,22+,23+/m1/s1. The minimum absolute atomic E-state index is 0.104. The molecule has 0 heterocycles. The number of hydrogen-bond donors (Lipinski definition) is 10. The summed E-state index contributed by atoms with van der Waals surface area (Å²) in [5, 5.41) is 40.0. The van der Waals surface area contributed by atoms with Gasteiger partial charge in [0.05, 0.1) is 18.6 Å². The molecule has 0 aromatic heterocycles. The van der Waals surface area contributed by atoms with Gasteiger partial charge in [0.25, 0.3) is 0 Å². The van der Waals surface area contributed by atoms with Gasteiger partial charge < -0.3 is 53.4 Å². The molecule has 18 heteroatoms. The lowest BCUT2D eigenvalue weighted by molar-refractivity contribution is -0.144. The van der Waals surface area contributed by atoms with Crippen LogP contribution in [0.4, 0.5) is 0 Å². The third kappa shape index (κ3) is 15.7. The Morgan fingerprint density at radius 1 is 0.617 bits per heavy atom. The van der Waals surface area contributed by atoms with Gasteiger partial charge in [-0.15, -0.1) is 0 Å². The van der Waals surface area contributed by atoms with E-state index in [4.69, 9.17) is 16.6 Å². The third-order valence-electron chi connectivity index (χ3n) is 6.92. The van der Waals surface area contributed by atoms with Gasteiger partial charge in [-0.25, -0.2) is 4.79 Å². The lowest BCUT2D eigenvalue weighted by Gasteiger charge is -2.29. The van der Waals surface area contributed by atoms with E-state index in [2.05, 4.69) is 26.6 Å². The Morgan fingerprint density at radius 3 is 1.45 bits per heavy atom. The van der Waals surface area contributed by atoms with Crippen molar-refractivity contribution < 1.29 is 53.7 Å². The summed E-state index contributed by atoms with van der Waals surface area (Å²) in [6, 6.07) is -8.39. The summed E-state index contributed by atoms with van der Waals surface area (Å²) in [5.41, 5.74) is 11.2. The molecule has 0 rings (SSSR count). The number of aliphatic hydroxyl groups excluding tert-OH is 1. The number of carbonyl (C=O) groups is 8. The normalized spacial score (nSPS) is 15.7. The van der Waals surface area contributed by atoms with Crippen molar-refractivity contribution in [3.63, 3.8) is 0 Å². The van der Waals surface area contributed by atoms with E-state index in [1.807, 2.05) is 13.8 Å². The number of carboxylic acids is 2. The van der Waals surface area contributed by atoms with Crippen molar-refractivity contribution >= 4 is 47.4 Å².